The summed E-state index contributed by atoms with van der Waals surface area (Å²) in [7, 11) is 0. The van der Waals surface area contributed by atoms with E-state index in [2.05, 4.69) is 13.8 Å². The molecule has 0 amide bonds. The molecule has 0 aromatic carbocycles. The Hall–Kier alpha value is -0.660. The van der Waals surface area contributed by atoms with E-state index in [1.54, 1.807) is 0 Å². The van der Waals surface area contributed by atoms with E-state index in [1.165, 1.54) is 64.2 Å². The van der Waals surface area contributed by atoms with E-state index in [-0.39, 0.29) is 11.6 Å². The number of unbranched alkanes of at least 4 members (excludes halogenated alkanes) is 12. The molecule has 0 radical (unpaired) electrons. The molecule has 1 saturated carbocycles. The van der Waals surface area contributed by atoms with E-state index in [4.69, 9.17) is 0 Å². The van der Waals surface area contributed by atoms with Crippen molar-refractivity contribution >= 4 is 11.6 Å². The van der Waals surface area contributed by atoms with Gasteiger partial charge in [0.1, 0.15) is 11.6 Å². The number of rotatable bonds is 18. The van der Waals surface area contributed by atoms with Crippen molar-refractivity contribution in [2.75, 3.05) is 0 Å². The van der Waals surface area contributed by atoms with E-state index in [9.17, 15) is 9.59 Å². The van der Waals surface area contributed by atoms with Crippen molar-refractivity contribution in [2.24, 2.45) is 5.41 Å². The van der Waals surface area contributed by atoms with Crippen molar-refractivity contribution in [1.29, 1.82) is 0 Å². The Balaban J connectivity index is 2.27. The van der Waals surface area contributed by atoms with Crippen LogP contribution in [0.3, 0.4) is 0 Å². The second-order valence-electron chi connectivity index (χ2n) is 8.88. The lowest BCUT2D eigenvalue weighted by Gasteiger charge is -2.26. The van der Waals surface area contributed by atoms with Gasteiger partial charge in [0, 0.05) is 12.8 Å². The number of ketones is 2. The molecule has 0 atom stereocenters. The van der Waals surface area contributed by atoms with Gasteiger partial charge in [-0.15, -0.1) is 0 Å². The lowest BCUT2D eigenvalue weighted by Crippen LogP contribution is -2.36. The predicted molar refractivity (Wildman–Crippen MR) is 116 cm³/mol. The van der Waals surface area contributed by atoms with Gasteiger partial charge in [0.05, 0.1) is 5.41 Å². The molecule has 158 valence electrons. The third kappa shape index (κ3) is 9.39. The molecule has 27 heavy (non-hydrogen) atoms. The van der Waals surface area contributed by atoms with Crippen LogP contribution in [0.15, 0.2) is 0 Å². The molecule has 1 fully saturated rings. The second-order valence-corrected chi connectivity index (χ2v) is 8.88. The summed E-state index contributed by atoms with van der Waals surface area (Å²) in [6.07, 6.45) is 22.3. The quantitative estimate of drug-likeness (QED) is 0.179. The van der Waals surface area contributed by atoms with Gasteiger partial charge in [-0.2, -0.15) is 0 Å². The summed E-state index contributed by atoms with van der Waals surface area (Å²) in [6, 6.07) is 0. The maximum Gasteiger partial charge on any atom is 0.146 e. The third-order valence-electron chi connectivity index (χ3n) is 6.54. The van der Waals surface area contributed by atoms with Crippen molar-refractivity contribution in [3.05, 3.63) is 0 Å². The maximum atomic E-state index is 12.9. The highest BCUT2D eigenvalue weighted by Gasteiger charge is 2.45. The smallest absolute Gasteiger partial charge is 0.146 e. The lowest BCUT2D eigenvalue weighted by molar-refractivity contribution is -0.140. The van der Waals surface area contributed by atoms with Gasteiger partial charge in [0.15, 0.2) is 0 Å². The minimum absolute atomic E-state index is 0.279. The van der Waals surface area contributed by atoms with Crippen LogP contribution in [0.5, 0.6) is 0 Å². The molecule has 0 aliphatic heterocycles. The Morgan fingerprint density at radius 2 is 0.889 bits per heavy atom. The van der Waals surface area contributed by atoms with Gasteiger partial charge < -0.3 is 0 Å². The Kier molecular flexibility index (Phi) is 13.8. The third-order valence-corrected chi connectivity index (χ3v) is 6.54. The van der Waals surface area contributed by atoms with Crippen LogP contribution in [0.2, 0.25) is 0 Å². The predicted octanol–water partition coefficient (Wildman–Crippen LogP) is 7.97. The Labute approximate surface area is 169 Å². The van der Waals surface area contributed by atoms with E-state index in [1.807, 2.05) is 0 Å². The molecule has 0 spiro atoms. The van der Waals surface area contributed by atoms with Gasteiger partial charge in [-0.25, -0.2) is 0 Å². The topological polar surface area (TPSA) is 34.1 Å². The number of hydrogen-bond acceptors (Lipinski definition) is 2. The second kappa shape index (κ2) is 15.3. The van der Waals surface area contributed by atoms with Crippen molar-refractivity contribution in [1.82, 2.24) is 0 Å². The SMILES string of the molecule is CCCCCCCCCC(=O)C1(C(=O)CCCCCCCCC)CCCC1. The molecule has 0 aromatic heterocycles. The van der Waals surface area contributed by atoms with Crippen LogP contribution in [-0.2, 0) is 9.59 Å². The van der Waals surface area contributed by atoms with Gasteiger partial charge in [-0.1, -0.05) is 104 Å². The number of hydrogen-bond donors (Lipinski definition) is 0. The van der Waals surface area contributed by atoms with Crippen LogP contribution in [0, 0.1) is 5.41 Å². The minimum atomic E-state index is -0.579. The van der Waals surface area contributed by atoms with Crippen LogP contribution >= 0.6 is 0 Å². The van der Waals surface area contributed by atoms with Crippen LogP contribution < -0.4 is 0 Å². The minimum Gasteiger partial charge on any atom is -0.299 e. The van der Waals surface area contributed by atoms with Crippen LogP contribution in [-0.4, -0.2) is 11.6 Å². The van der Waals surface area contributed by atoms with E-state index in [0.717, 1.165) is 51.4 Å². The van der Waals surface area contributed by atoms with Crippen LogP contribution in [0.25, 0.3) is 0 Å². The highest BCUT2D eigenvalue weighted by Crippen LogP contribution is 2.42. The molecule has 1 aliphatic rings. The van der Waals surface area contributed by atoms with Gasteiger partial charge >= 0.3 is 0 Å². The average molecular weight is 379 g/mol. The Bertz CT molecular complexity index is 361. The summed E-state index contributed by atoms with van der Waals surface area (Å²) < 4.78 is 0. The molecular weight excluding hydrogens is 332 g/mol. The molecule has 0 bridgehead atoms. The molecule has 2 heteroatoms. The first kappa shape index (κ1) is 24.4. The fourth-order valence-corrected chi connectivity index (χ4v) is 4.66. The zero-order chi connectivity index (χ0) is 19.8. The number of carbonyl (C=O) groups excluding carboxylic acids is 2. The summed E-state index contributed by atoms with van der Waals surface area (Å²) in [5, 5.41) is 0. The largest absolute Gasteiger partial charge is 0.299 e. The molecule has 0 aromatic rings. The summed E-state index contributed by atoms with van der Waals surface area (Å²) >= 11 is 0. The molecule has 0 N–H and O–H groups in total. The first-order valence-corrected chi connectivity index (χ1v) is 12.2. The van der Waals surface area contributed by atoms with Crippen LogP contribution in [0.4, 0.5) is 0 Å². The van der Waals surface area contributed by atoms with Gasteiger partial charge in [-0.3, -0.25) is 9.59 Å². The highest BCUT2D eigenvalue weighted by atomic mass is 16.2. The molecule has 2 nitrogen and oxygen atoms in total. The summed E-state index contributed by atoms with van der Waals surface area (Å²) in [6.45, 7) is 4.48. The standard InChI is InChI=1S/C25H46O2/c1-3-5-7-9-11-13-15-19-23(26)25(21-17-18-22-25)24(27)20-16-14-12-10-8-6-4-2/h3-22H2,1-2H3. The molecule has 0 heterocycles. The molecule has 1 aliphatic carbocycles. The zero-order valence-corrected chi connectivity index (χ0v) is 18.5. The van der Waals surface area contributed by atoms with E-state index < -0.39 is 5.41 Å². The van der Waals surface area contributed by atoms with Gasteiger partial charge in [0.25, 0.3) is 0 Å². The normalized spacial score (nSPS) is 15.9. The number of Topliss-reactive ketones (excluding diaryl/α,β-unsaturated/α-hetero) is 2. The lowest BCUT2D eigenvalue weighted by atomic mass is 9.74. The first-order valence-electron chi connectivity index (χ1n) is 12.2. The first-order chi connectivity index (χ1) is 13.2. The maximum absolute atomic E-state index is 12.9. The molecule has 0 saturated heterocycles. The fraction of sp³-hybridized carbons (Fsp3) is 0.920. The van der Waals surface area contributed by atoms with Crippen molar-refractivity contribution in [3.8, 4) is 0 Å². The van der Waals surface area contributed by atoms with Crippen molar-refractivity contribution < 1.29 is 9.59 Å². The average Bonchev–Trinajstić information content (AvgIpc) is 3.17. The number of carbonyl (C=O) groups is 2. The molecular formula is C25H46O2. The van der Waals surface area contributed by atoms with E-state index >= 15 is 0 Å². The van der Waals surface area contributed by atoms with Crippen LogP contribution in [0.1, 0.15) is 142 Å². The summed E-state index contributed by atoms with van der Waals surface area (Å²) in [4.78, 5) is 25.9. The Morgan fingerprint density at radius 3 is 1.26 bits per heavy atom. The van der Waals surface area contributed by atoms with Crippen molar-refractivity contribution in [3.63, 3.8) is 0 Å². The molecule has 1 rings (SSSR count). The fourth-order valence-electron chi connectivity index (χ4n) is 4.66. The van der Waals surface area contributed by atoms with Crippen molar-refractivity contribution in [2.45, 2.75) is 142 Å². The summed E-state index contributed by atoms with van der Waals surface area (Å²) in [5.41, 5.74) is -0.579. The summed E-state index contributed by atoms with van der Waals surface area (Å²) in [5.74, 6) is 0.558. The monoisotopic (exact) mass is 378 g/mol. The Morgan fingerprint density at radius 1 is 0.556 bits per heavy atom. The van der Waals surface area contributed by atoms with E-state index in [0.29, 0.717) is 12.8 Å². The van der Waals surface area contributed by atoms with Gasteiger partial charge in [0.2, 0.25) is 0 Å². The molecule has 0 unspecified atom stereocenters. The van der Waals surface area contributed by atoms with Gasteiger partial charge in [-0.05, 0) is 25.7 Å². The zero-order valence-electron chi connectivity index (χ0n) is 18.5. The highest BCUT2D eigenvalue weighted by molar-refractivity contribution is 6.07.